The summed E-state index contributed by atoms with van der Waals surface area (Å²) in [5.74, 6) is -0.434. The van der Waals surface area contributed by atoms with Gasteiger partial charge in [-0.15, -0.1) is 0 Å². The second-order valence-corrected chi connectivity index (χ2v) is 7.01. The Morgan fingerprint density at radius 1 is 1.12 bits per heavy atom. The molecule has 2 aromatic carbocycles. The van der Waals surface area contributed by atoms with Crippen molar-refractivity contribution in [2.45, 2.75) is 46.3 Å². The number of aliphatic carboxylic acids is 1. The predicted molar refractivity (Wildman–Crippen MR) is 103 cm³/mol. The first-order valence-electron chi connectivity index (χ1n) is 8.97. The van der Waals surface area contributed by atoms with Crippen LogP contribution in [0, 0.1) is 5.92 Å². The van der Waals surface area contributed by atoms with Crippen molar-refractivity contribution in [2.24, 2.45) is 5.92 Å². The van der Waals surface area contributed by atoms with Crippen LogP contribution >= 0.6 is 0 Å². The molecule has 0 spiro atoms. The van der Waals surface area contributed by atoms with Crippen LogP contribution in [0.3, 0.4) is 0 Å². The molecule has 3 rings (SSSR count). The fourth-order valence-corrected chi connectivity index (χ4v) is 3.54. The van der Waals surface area contributed by atoms with Gasteiger partial charge in [0.25, 0.3) is 0 Å². The predicted octanol–water partition coefficient (Wildman–Crippen LogP) is 4.40. The monoisotopic (exact) mass is 338 g/mol. The lowest BCUT2D eigenvalue weighted by atomic mass is 10.0. The Balaban J connectivity index is 1.91. The van der Waals surface area contributed by atoms with E-state index < -0.39 is 12.0 Å². The minimum atomic E-state index is -0.780. The molecule has 132 valence electrons. The number of hydrogen-bond acceptors (Lipinski definition) is 2. The molecular formula is C21H26N2O2. The van der Waals surface area contributed by atoms with Gasteiger partial charge in [0.15, 0.2) is 0 Å². The molecular weight excluding hydrogens is 312 g/mol. The van der Waals surface area contributed by atoms with Crippen LogP contribution in [0.25, 0.3) is 21.8 Å². The number of nitrogens with one attached hydrogen (secondary N) is 1. The Hall–Kier alpha value is -2.33. The minimum Gasteiger partial charge on any atom is -0.480 e. The van der Waals surface area contributed by atoms with Gasteiger partial charge in [-0.05, 0) is 43.0 Å². The Labute approximate surface area is 148 Å². The molecule has 0 saturated carbocycles. The Morgan fingerprint density at radius 2 is 1.84 bits per heavy atom. The summed E-state index contributed by atoms with van der Waals surface area (Å²) in [6, 6.07) is 14.4. The first kappa shape index (κ1) is 17.5. The molecule has 0 radical (unpaired) electrons. The molecule has 4 nitrogen and oxygen atoms in total. The van der Waals surface area contributed by atoms with Gasteiger partial charge in [0.2, 0.25) is 0 Å². The van der Waals surface area contributed by atoms with Gasteiger partial charge in [-0.1, -0.05) is 38.1 Å². The topological polar surface area (TPSA) is 54.3 Å². The van der Waals surface area contributed by atoms with Crippen molar-refractivity contribution in [3.05, 3.63) is 48.0 Å². The maximum absolute atomic E-state index is 11.4. The second-order valence-electron chi connectivity index (χ2n) is 7.01. The first-order chi connectivity index (χ1) is 12.0. The third-order valence-electron chi connectivity index (χ3n) is 4.71. The lowest BCUT2D eigenvalue weighted by molar-refractivity contribution is -0.140. The molecule has 0 bridgehead atoms. The Morgan fingerprint density at radius 3 is 2.52 bits per heavy atom. The van der Waals surface area contributed by atoms with Crippen molar-refractivity contribution in [3.8, 4) is 0 Å². The van der Waals surface area contributed by atoms with E-state index in [4.69, 9.17) is 0 Å². The smallest absolute Gasteiger partial charge is 0.320 e. The van der Waals surface area contributed by atoms with Gasteiger partial charge in [-0.25, -0.2) is 0 Å². The number of aryl methyl sites for hydroxylation is 1. The SMILES string of the molecule is CCn1c2ccccc2c2cc(CNC(CC(C)C)C(=O)O)ccc21. The average Bonchev–Trinajstić information content (AvgIpc) is 2.91. The van der Waals surface area contributed by atoms with E-state index in [9.17, 15) is 9.90 Å². The largest absolute Gasteiger partial charge is 0.480 e. The number of carbonyl (C=O) groups is 1. The van der Waals surface area contributed by atoms with Crippen molar-refractivity contribution >= 4 is 27.8 Å². The molecule has 1 atom stereocenters. The van der Waals surface area contributed by atoms with E-state index in [1.807, 2.05) is 13.8 Å². The summed E-state index contributed by atoms with van der Waals surface area (Å²) in [7, 11) is 0. The maximum Gasteiger partial charge on any atom is 0.320 e. The molecule has 0 aliphatic carbocycles. The molecule has 0 saturated heterocycles. The van der Waals surface area contributed by atoms with Crippen molar-refractivity contribution in [1.29, 1.82) is 0 Å². The van der Waals surface area contributed by atoms with E-state index in [1.165, 1.54) is 21.8 Å². The molecule has 1 heterocycles. The van der Waals surface area contributed by atoms with E-state index in [0.717, 1.165) is 12.1 Å². The van der Waals surface area contributed by atoms with Crippen molar-refractivity contribution in [3.63, 3.8) is 0 Å². The number of rotatable bonds is 7. The highest BCUT2D eigenvalue weighted by Gasteiger charge is 2.18. The molecule has 1 unspecified atom stereocenters. The van der Waals surface area contributed by atoms with Crippen LogP contribution < -0.4 is 5.32 Å². The summed E-state index contributed by atoms with van der Waals surface area (Å²) in [6.07, 6.45) is 0.632. The number of hydrogen-bond donors (Lipinski definition) is 2. The molecule has 3 aromatic rings. The van der Waals surface area contributed by atoms with Gasteiger partial charge in [0.05, 0.1) is 0 Å². The zero-order chi connectivity index (χ0) is 18.0. The van der Waals surface area contributed by atoms with Crippen LogP contribution in [0.5, 0.6) is 0 Å². The van der Waals surface area contributed by atoms with E-state index in [2.05, 4.69) is 59.3 Å². The summed E-state index contributed by atoms with van der Waals surface area (Å²) in [6.45, 7) is 7.74. The third kappa shape index (κ3) is 3.54. The van der Waals surface area contributed by atoms with E-state index in [-0.39, 0.29) is 0 Å². The van der Waals surface area contributed by atoms with Crippen LogP contribution in [0.1, 0.15) is 32.8 Å². The highest BCUT2D eigenvalue weighted by molar-refractivity contribution is 6.08. The van der Waals surface area contributed by atoms with Crippen molar-refractivity contribution < 1.29 is 9.90 Å². The van der Waals surface area contributed by atoms with Crippen LogP contribution in [-0.4, -0.2) is 21.7 Å². The molecule has 0 aliphatic heterocycles. The lowest BCUT2D eigenvalue weighted by Gasteiger charge is -2.16. The van der Waals surface area contributed by atoms with Gasteiger partial charge in [0.1, 0.15) is 6.04 Å². The van der Waals surface area contributed by atoms with E-state index >= 15 is 0 Å². The minimum absolute atomic E-state index is 0.346. The molecule has 1 aromatic heterocycles. The number of carboxylic acids is 1. The molecule has 2 N–H and O–H groups in total. The normalized spacial score (nSPS) is 13.0. The number of carboxylic acid groups (broad SMARTS) is 1. The molecule has 25 heavy (non-hydrogen) atoms. The van der Waals surface area contributed by atoms with Crippen LogP contribution in [-0.2, 0) is 17.9 Å². The lowest BCUT2D eigenvalue weighted by Crippen LogP contribution is -2.37. The molecule has 0 amide bonds. The fraction of sp³-hybridized carbons (Fsp3) is 0.381. The van der Waals surface area contributed by atoms with Gasteiger partial charge in [0, 0.05) is 34.9 Å². The number of fused-ring (bicyclic) bond motifs is 3. The van der Waals surface area contributed by atoms with E-state index in [1.54, 1.807) is 0 Å². The second kappa shape index (κ2) is 7.28. The average molecular weight is 338 g/mol. The van der Waals surface area contributed by atoms with Crippen molar-refractivity contribution in [1.82, 2.24) is 9.88 Å². The number of nitrogens with zero attached hydrogens (tertiary/aromatic N) is 1. The molecule has 4 heteroatoms. The van der Waals surface area contributed by atoms with Crippen LogP contribution in [0.15, 0.2) is 42.5 Å². The van der Waals surface area contributed by atoms with Gasteiger partial charge >= 0.3 is 5.97 Å². The zero-order valence-corrected chi connectivity index (χ0v) is 15.1. The highest BCUT2D eigenvalue weighted by Crippen LogP contribution is 2.29. The maximum atomic E-state index is 11.4. The summed E-state index contributed by atoms with van der Waals surface area (Å²) in [5, 5.41) is 15.1. The van der Waals surface area contributed by atoms with Gasteiger partial charge in [-0.3, -0.25) is 4.79 Å². The standard InChI is InChI=1S/C21H26N2O2/c1-4-23-19-8-6-5-7-16(19)17-12-15(9-10-20(17)23)13-22-18(21(24)25)11-14(2)3/h5-10,12,14,18,22H,4,11,13H2,1-3H3,(H,24,25). The Kier molecular flexibility index (Phi) is 5.09. The Bertz CT molecular complexity index is 895. The first-order valence-corrected chi connectivity index (χ1v) is 8.97. The van der Waals surface area contributed by atoms with Crippen LogP contribution in [0.2, 0.25) is 0 Å². The summed E-state index contributed by atoms with van der Waals surface area (Å²) in [5.41, 5.74) is 3.58. The van der Waals surface area contributed by atoms with E-state index in [0.29, 0.717) is 18.9 Å². The number of benzene rings is 2. The summed E-state index contributed by atoms with van der Waals surface area (Å²) in [4.78, 5) is 11.4. The summed E-state index contributed by atoms with van der Waals surface area (Å²) < 4.78 is 2.32. The van der Waals surface area contributed by atoms with Crippen LogP contribution in [0.4, 0.5) is 0 Å². The van der Waals surface area contributed by atoms with Gasteiger partial charge in [-0.2, -0.15) is 0 Å². The quantitative estimate of drug-likeness (QED) is 0.671. The number of aromatic nitrogens is 1. The zero-order valence-electron chi connectivity index (χ0n) is 15.1. The molecule has 0 fully saturated rings. The fourth-order valence-electron chi connectivity index (χ4n) is 3.54. The third-order valence-corrected chi connectivity index (χ3v) is 4.71. The highest BCUT2D eigenvalue weighted by atomic mass is 16.4. The summed E-state index contributed by atoms with van der Waals surface area (Å²) >= 11 is 0. The van der Waals surface area contributed by atoms with Gasteiger partial charge < -0.3 is 15.0 Å². The number of para-hydroxylation sites is 1. The molecule has 0 aliphatic rings. The van der Waals surface area contributed by atoms with Crippen molar-refractivity contribution in [2.75, 3.05) is 0 Å².